The van der Waals surface area contributed by atoms with Gasteiger partial charge in [-0.25, -0.2) is 0 Å². The van der Waals surface area contributed by atoms with Crippen molar-refractivity contribution in [2.45, 2.75) is 26.3 Å². The molecule has 2 N–H and O–H groups in total. The van der Waals surface area contributed by atoms with Crippen molar-refractivity contribution in [2.24, 2.45) is 0 Å². The lowest BCUT2D eigenvalue weighted by Crippen LogP contribution is -2.10. The van der Waals surface area contributed by atoms with Crippen LogP contribution >= 0.6 is 31.9 Å². The fourth-order valence-corrected chi connectivity index (χ4v) is 3.78. The largest absolute Gasteiger partial charge is 0.508 e. The van der Waals surface area contributed by atoms with Crippen molar-refractivity contribution < 1.29 is 5.11 Å². The molecule has 0 spiro atoms. The van der Waals surface area contributed by atoms with Gasteiger partial charge in [0.1, 0.15) is 5.75 Å². The number of phenolic OH excluding ortho intramolecular Hbond substituents is 1. The third kappa shape index (κ3) is 3.55. The summed E-state index contributed by atoms with van der Waals surface area (Å²) in [7, 11) is 0. The van der Waals surface area contributed by atoms with Crippen molar-refractivity contribution in [3.8, 4) is 5.75 Å². The molecule has 1 unspecified atom stereocenters. The van der Waals surface area contributed by atoms with Crippen LogP contribution in [0, 0.1) is 6.92 Å². The van der Waals surface area contributed by atoms with Crippen LogP contribution in [-0.4, -0.2) is 5.11 Å². The number of aryl methyl sites for hydroxylation is 1. The molecule has 0 fully saturated rings. The summed E-state index contributed by atoms with van der Waals surface area (Å²) in [4.78, 5) is 0. The number of hydrogen-bond acceptors (Lipinski definition) is 2. The highest BCUT2D eigenvalue weighted by Gasteiger charge is 2.13. The van der Waals surface area contributed by atoms with Crippen molar-refractivity contribution in [1.29, 1.82) is 0 Å². The second kappa shape index (κ2) is 6.64. The highest BCUT2D eigenvalue weighted by molar-refractivity contribution is 9.11. The van der Waals surface area contributed by atoms with Gasteiger partial charge in [0.25, 0.3) is 0 Å². The SMILES string of the molecule is CCC(Nc1c(Br)cc(C)cc1Br)c1ccc(O)cc1. The minimum Gasteiger partial charge on any atom is -0.508 e. The van der Waals surface area contributed by atoms with Gasteiger partial charge in [0.15, 0.2) is 0 Å². The van der Waals surface area contributed by atoms with Gasteiger partial charge in [-0.05, 0) is 80.6 Å². The van der Waals surface area contributed by atoms with Crippen LogP contribution in [0.1, 0.15) is 30.5 Å². The number of nitrogens with one attached hydrogen (secondary N) is 1. The van der Waals surface area contributed by atoms with Crippen LogP contribution in [0.15, 0.2) is 45.3 Å². The number of benzene rings is 2. The van der Waals surface area contributed by atoms with E-state index >= 15 is 0 Å². The van der Waals surface area contributed by atoms with E-state index in [1.54, 1.807) is 12.1 Å². The predicted molar refractivity (Wildman–Crippen MR) is 91.3 cm³/mol. The van der Waals surface area contributed by atoms with E-state index in [1.807, 2.05) is 12.1 Å². The molecule has 1 atom stereocenters. The first kappa shape index (κ1) is 15.4. The van der Waals surface area contributed by atoms with Gasteiger partial charge < -0.3 is 10.4 Å². The zero-order valence-corrected chi connectivity index (χ0v) is 14.6. The first-order valence-electron chi connectivity index (χ1n) is 6.52. The molecule has 0 amide bonds. The summed E-state index contributed by atoms with van der Waals surface area (Å²) in [6.07, 6.45) is 0.956. The molecule has 0 bridgehead atoms. The summed E-state index contributed by atoms with van der Waals surface area (Å²) in [6, 6.07) is 11.7. The Balaban J connectivity index is 2.29. The van der Waals surface area contributed by atoms with Gasteiger partial charge in [0.2, 0.25) is 0 Å². The minimum absolute atomic E-state index is 0.200. The van der Waals surface area contributed by atoms with Crippen LogP contribution in [0.2, 0.25) is 0 Å². The molecule has 0 radical (unpaired) electrons. The zero-order valence-electron chi connectivity index (χ0n) is 11.5. The average Bonchev–Trinajstić information content (AvgIpc) is 2.39. The molecule has 4 heteroatoms. The molecule has 0 heterocycles. The van der Waals surface area contributed by atoms with E-state index in [1.165, 1.54) is 5.56 Å². The molecule has 0 saturated heterocycles. The first-order valence-corrected chi connectivity index (χ1v) is 8.11. The normalized spacial score (nSPS) is 12.2. The summed E-state index contributed by atoms with van der Waals surface area (Å²) in [6.45, 7) is 4.21. The zero-order chi connectivity index (χ0) is 14.7. The molecule has 2 rings (SSSR count). The van der Waals surface area contributed by atoms with E-state index in [4.69, 9.17) is 0 Å². The topological polar surface area (TPSA) is 32.3 Å². The van der Waals surface area contributed by atoms with Gasteiger partial charge in [-0.2, -0.15) is 0 Å². The molecule has 0 aliphatic heterocycles. The number of anilines is 1. The fraction of sp³-hybridized carbons (Fsp3) is 0.250. The van der Waals surface area contributed by atoms with Crippen LogP contribution < -0.4 is 5.32 Å². The number of aromatic hydroxyl groups is 1. The quantitative estimate of drug-likeness (QED) is 0.683. The van der Waals surface area contributed by atoms with E-state index in [0.717, 1.165) is 26.6 Å². The Labute approximate surface area is 136 Å². The van der Waals surface area contributed by atoms with Crippen molar-refractivity contribution in [3.63, 3.8) is 0 Å². The molecule has 0 aliphatic rings. The molecule has 0 saturated carbocycles. The lowest BCUT2D eigenvalue weighted by molar-refractivity contribution is 0.475. The van der Waals surface area contributed by atoms with E-state index in [2.05, 4.69) is 63.2 Å². The van der Waals surface area contributed by atoms with Gasteiger partial charge in [-0.15, -0.1) is 0 Å². The Hall–Kier alpha value is -1.00. The van der Waals surface area contributed by atoms with E-state index in [0.29, 0.717) is 5.75 Å². The van der Waals surface area contributed by atoms with E-state index < -0.39 is 0 Å². The molecule has 0 aromatic heterocycles. The highest BCUT2D eigenvalue weighted by atomic mass is 79.9. The van der Waals surface area contributed by atoms with Crippen molar-refractivity contribution in [3.05, 3.63) is 56.5 Å². The van der Waals surface area contributed by atoms with Gasteiger partial charge in [-0.1, -0.05) is 19.1 Å². The summed E-state index contributed by atoms with van der Waals surface area (Å²) < 4.78 is 2.09. The minimum atomic E-state index is 0.200. The van der Waals surface area contributed by atoms with Crippen molar-refractivity contribution in [2.75, 3.05) is 5.32 Å². The Morgan fingerprint density at radius 1 is 1.10 bits per heavy atom. The van der Waals surface area contributed by atoms with Crippen LogP contribution in [0.5, 0.6) is 5.75 Å². The Morgan fingerprint density at radius 3 is 2.15 bits per heavy atom. The van der Waals surface area contributed by atoms with Crippen molar-refractivity contribution in [1.82, 2.24) is 0 Å². The number of phenols is 1. The van der Waals surface area contributed by atoms with Gasteiger partial charge in [0.05, 0.1) is 11.7 Å². The Kier molecular flexibility index (Phi) is 5.11. The molecule has 0 aliphatic carbocycles. The molecular formula is C16H17Br2NO. The van der Waals surface area contributed by atoms with E-state index in [-0.39, 0.29) is 6.04 Å². The molecule has 2 aromatic carbocycles. The number of halogens is 2. The predicted octanol–water partition coefficient (Wildman–Crippen LogP) is 5.79. The molecule has 106 valence electrons. The second-order valence-electron chi connectivity index (χ2n) is 4.80. The first-order chi connectivity index (χ1) is 9.51. The molecule has 2 aromatic rings. The maximum atomic E-state index is 9.38. The lowest BCUT2D eigenvalue weighted by atomic mass is 10.0. The maximum Gasteiger partial charge on any atom is 0.115 e. The summed E-state index contributed by atoms with van der Waals surface area (Å²) in [5, 5.41) is 12.9. The maximum absolute atomic E-state index is 9.38. The Morgan fingerprint density at radius 2 is 1.65 bits per heavy atom. The standard InChI is InChI=1S/C16H17Br2NO/c1-3-15(11-4-6-12(20)7-5-11)19-16-13(17)8-10(2)9-14(16)18/h4-9,15,19-20H,3H2,1-2H3. The monoisotopic (exact) mass is 397 g/mol. The third-order valence-electron chi connectivity index (χ3n) is 3.21. The molecule has 2 nitrogen and oxygen atoms in total. The lowest BCUT2D eigenvalue weighted by Gasteiger charge is -2.21. The van der Waals surface area contributed by atoms with Crippen molar-refractivity contribution >= 4 is 37.5 Å². The van der Waals surface area contributed by atoms with Crippen LogP contribution in [-0.2, 0) is 0 Å². The Bertz CT molecular complexity index is 573. The van der Waals surface area contributed by atoms with Crippen LogP contribution in [0.25, 0.3) is 0 Å². The molecular weight excluding hydrogens is 382 g/mol. The summed E-state index contributed by atoms with van der Waals surface area (Å²) >= 11 is 7.21. The highest BCUT2D eigenvalue weighted by Crippen LogP contribution is 2.35. The fourth-order valence-electron chi connectivity index (χ4n) is 2.14. The van der Waals surface area contributed by atoms with Gasteiger partial charge in [-0.3, -0.25) is 0 Å². The van der Waals surface area contributed by atoms with Gasteiger partial charge >= 0.3 is 0 Å². The second-order valence-corrected chi connectivity index (χ2v) is 6.51. The third-order valence-corrected chi connectivity index (χ3v) is 4.46. The number of rotatable bonds is 4. The summed E-state index contributed by atoms with van der Waals surface area (Å²) in [5.41, 5.74) is 3.41. The van der Waals surface area contributed by atoms with Crippen LogP contribution in [0.4, 0.5) is 5.69 Å². The summed E-state index contributed by atoms with van der Waals surface area (Å²) in [5.74, 6) is 0.293. The molecule has 20 heavy (non-hydrogen) atoms. The number of hydrogen-bond donors (Lipinski definition) is 2. The smallest absolute Gasteiger partial charge is 0.115 e. The van der Waals surface area contributed by atoms with Gasteiger partial charge in [0, 0.05) is 8.95 Å². The van der Waals surface area contributed by atoms with E-state index in [9.17, 15) is 5.11 Å². The average molecular weight is 399 g/mol. The van der Waals surface area contributed by atoms with Crippen LogP contribution in [0.3, 0.4) is 0 Å².